The van der Waals surface area contributed by atoms with Crippen molar-refractivity contribution in [3.63, 3.8) is 0 Å². The van der Waals surface area contributed by atoms with Gasteiger partial charge in [0.05, 0.1) is 18.8 Å². The third-order valence-corrected chi connectivity index (χ3v) is 2.23. The third-order valence-electron chi connectivity index (χ3n) is 1.86. The van der Waals surface area contributed by atoms with Crippen molar-refractivity contribution in [3.8, 4) is 0 Å². The highest BCUT2D eigenvalue weighted by molar-refractivity contribution is 6.25. The van der Waals surface area contributed by atoms with Crippen LogP contribution in [0.3, 0.4) is 0 Å². The van der Waals surface area contributed by atoms with Gasteiger partial charge < -0.3 is 10.5 Å². The highest BCUT2D eigenvalue weighted by Gasteiger charge is 2.15. The molecule has 0 unspecified atom stereocenters. The number of rotatable bonds is 4. The van der Waals surface area contributed by atoms with Gasteiger partial charge in [0.15, 0.2) is 5.69 Å². The van der Waals surface area contributed by atoms with E-state index in [1.807, 2.05) is 6.92 Å². The summed E-state index contributed by atoms with van der Waals surface area (Å²) in [4.78, 5) is 11.4. The maximum absolute atomic E-state index is 11.4. The molecule has 1 aromatic rings. The van der Waals surface area contributed by atoms with Gasteiger partial charge in [-0.3, -0.25) is 4.68 Å². The Bertz CT molecular complexity index is 412. The average Bonchev–Trinajstić information content (AvgIpc) is 2.59. The number of aromatic nitrogens is 2. The molecule has 5 nitrogen and oxygen atoms in total. The third kappa shape index (κ3) is 3.00. The molecule has 0 radical (unpaired) electrons. The molecule has 0 aliphatic heterocycles. The second-order valence-corrected chi connectivity index (χ2v) is 3.52. The van der Waals surface area contributed by atoms with Crippen molar-refractivity contribution in [3.05, 3.63) is 23.0 Å². The molecular weight excluding hydrogens is 230 g/mol. The van der Waals surface area contributed by atoms with Crippen LogP contribution in [0.15, 0.2) is 17.3 Å². The lowest BCUT2D eigenvalue weighted by Gasteiger charge is -2.00. The summed E-state index contributed by atoms with van der Waals surface area (Å²) < 4.78 is 6.37. The molecule has 0 aliphatic carbocycles. The second kappa shape index (κ2) is 5.55. The van der Waals surface area contributed by atoms with Crippen molar-refractivity contribution in [2.24, 2.45) is 0 Å². The smallest absolute Gasteiger partial charge is 0.361 e. The van der Waals surface area contributed by atoms with Crippen LogP contribution in [0, 0.1) is 0 Å². The van der Waals surface area contributed by atoms with Gasteiger partial charge in [0.1, 0.15) is 0 Å². The fourth-order valence-corrected chi connectivity index (χ4v) is 1.23. The number of nitrogen functional groups attached to an aromatic ring is 1. The van der Waals surface area contributed by atoms with Crippen molar-refractivity contribution in [2.45, 2.75) is 20.4 Å². The number of hydrogen-bond donors (Lipinski definition) is 1. The number of ether oxygens (including phenoxy) is 1. The van der Waals surface area contributed by atoms with E-state index in [-0.39, 0.29) is 5.69 Å². The van der Waals surface area contributed by atoms with Crippen LogP contribution in [0.2, 0.25) is 0 Å². The molecule has 0 aromatic carbocycles. The molecule has 0 saturated heterocycles. The second-order valence-electron chi connectivity index (χ2n) is 3.31. The number of carbonyl (C=O) groups excluding carboxylic acids is 1. The van der Waals surface area contributed by atoms with Crippen LogP contribution >= 0.6 is 11.6 Å². The van der Waals surface area contributed by atoms with Crippen molar-refractivity contribution in [2.75, 3.05) is 12.3 Å². The molecule has 88 valence electrons. The quantitative estimate of drug-likeness (QED) is 0.819. The zero-order chi connectivity index (χ0) is 12.1. The lowest BCUT2D eigenvalue weighted by atomic mass is 10.3. The maximum Gasteiger partial charge on any atom is 0.361 e. The van der Waals surface area contributed by atoms with Crippen LogP contribution in [0.5, 0.6) is 0 Å². The first-order valence-corrected chi connectivity index (χ1v) is 5.28. The highest BCUT2D eigenvalue weighted by Crippen LogP contribution is 2.12. The Morgan fingerprint density at radius 2 is 2.44 bits per heavy atom. The zero-order valence-electron chi connectivity index (χ0n) is 9.24. The van der Waals surface area contributed by atoms with Crippen LogP contribution in [0.25, 0.3) is 0 Å². The van der Waals surface area contributed by atoms with E-state index in [1.165, 1.54) is 5.54 Å². The molecule has 0 amide bonds. The number of anilines is 1. The SMILES string of the molecule is CCOC(=O)c1nn(C/C(C)=C/Cl)cc1N. The van der Waals surface area contributed by atoms with Crippen LogP contribution < -0.4 is 5.73 Å². The Morgan fingerprint density at radius 1 is 1.75 bits per heavy atom. The summed E-state index contributed by atoms with van der Waals surface area (Å²) in [6.45, 7) is 4.37. The minimum Gasteiger partial charge on any atom is -0.461 e. The van der Waals surface area contributed by atoms with Crippen molar-refractivity contribution < 1.29 is 9.53 Å². The molecule has 1 aromatic heterocycles. The van der Waals surface area contributed by atoms with Gasteiger partial charge in [0.25, 0.3) is 0 Å². The highest BCUT2D eigenvalue weighted by atomic mass is 35.5. The summed E-state index contributed by atoms with van der Waals surface area (Å²) in [5, 5.41) is 4.03. The molecule has 2 N–H and O–H groups in total. The largest absolute Gasteiger partial charge is 0.461 e. The molecule has 1 heterocycles. The summed E-state index contributed by atoms with van der Waals surface area (Å²) in [7, 11) is 0. The number of esters is 1. The fraction of sp³-hybridized carbons (Fsp3) is 0.400. The molecule has 0 fully saturated rings. The molecule has 0 bridgehead atoms. The number of nitrogens with zero attached hydrogens (tertiary/aromatic N) is 2. The molecule has 16 heavy (non-hydrogen) atoms. The Morgan fingerprint density at radius 3 is 3.00 bits per heavy atom. The van der Waals surface area contributed by atoms with E-state index in [4.69, 9.17) is 22.1 Å². The van der Waals surface area contributed by atoms with E-state index in [0.29, 0.717) is 18.8 Å². The number of halogens is 1. The van der Waals surface area contributed by atoms with Crippen molar-refractivity contribution >= 4 is 23.3 Å². The van der Waals surface area contributed by atoms with Gasteiger partial charge in [0.2, 0.25) is 0 Å². The first-order valence-electron chi connectivity index (χ1n) is 4.84. The standard InChI is InChI=1S/C10H14ClN3O2/c1-3-16-10(15)9-8(12)6-14(13-9)5-7(2)4-11/h4,6H,3,5,12H2,1-2H3/b7-4+. The lowest BCUT2D eigenvalue weighted by Crippen LogP contribution is -2.09. The van der Waals surface area contributed by atoms with E-state index >= 15 is 0 Å². The number of carbonyl (C=O) groups is 1. The van der Waals surface area contributed by atoms with Gasteiger partial charge in [-0.05, 0) is 19.4 Å². The number of hydrogen-bond acceptors (Lipinski definition) is 4. The van der Waals surface area contributed by atoms with E-state index in [1.54, 1.807) is 17.8 Å². The predicted molar refractivity (Wildman–Crippen MR) is 62.2 cm³/mol. The fourth-order valence-electron chi connectivity index (χ4n) is 1.17. The van der Waals surface area contributed by atoms with Crippen molar-refractivity contribution in [1.82, 2.24) is 9.78 Å². The predicted octanol–water partition coefficient (Wildman–Crippen LogP) is 1.78. The maximum atomic E-state index is 11.4. The zero-order valence-corrected chi connectivity index (χ0v) is 9.99. The monoisotopic (exact) mass is 243 g/mol. The number of nitrogens with two attached hydrogens (primary N) is 1. The van der Waals surface area contributed by atoms with Gasteiger partial charge in [0, 0.05) is 11.7 Å². The average molecular weight is 244 g/mol. The van der Waals surface area contributed by atoms with E-state index in [9.17, 15) is 4.79 Å². The molecular formula is C10H14ClN3O2. The van der Waals surface area contributed by atoms with Gasteiger partial charge in [-0.25, -0.2) is 4.79 Å². The topological polar surface area (TPSA) is 70.1 Å². The molecule has 0 aliphatic rings. The summed E-state index contributed by atoms with van der Waals surface area (Å²) in [5.41, 5.74) is 8.48. The minimum absolute atomic E-state index is 0.143. The molecule has 0 saturated carbocycles. The van der Waals surface area contributed by atoms with E-state index < -0.39 is 5.97 Å². The van der Waals surface area contributed by atoms with Gasteiger partial charge in [-0.1, -0.05) is 11.6 Å². The van der Waals surface area contributed by atoms with Crippen LogP contribution in [0.4, 0.5) is 5.69 Å². The minimum atomic E-state index is -0.508. The van der Waals surface area contributed by atoms with Gasteiger partial charge in [-0.15, -0.1) is 0 Å². The normalized spacial score (nSPS) is 11.6. The van der Waals surface area contributed by atoms with Crippen LogP contribution in [-0.4, -0.2) is 22.4 Å². The summed E-state index contributed by atoms with van der Waals surface area (Å²) in [6.07, 6.45) is 1.58. The molecule has 0 spiro atoms. The summed E-state index contributed by atoms with van der Waals surface area (Å²) in [6, 6.07) is 0. The van der Waals surface area contributed by atoms with Crippen LogP contribution in [-0.2, 0) is 11.3 Å². The van der Waals surface area contributed by atoms with Crippen molar-refractivity contribution in [1.29, 1.82) is 0 Å². The molecule has 0 atom stereocenters. The summed E-state index contributed by atoms with van der Waals surface area (Å²) in [5.74, 6) is -0.508. The molecule has 1 rings (SSSR count). The summed E-state index contributed by atoms with van der Waals surface area (Å²) >= 11 is 5.53. The first-order chi connectivity index (χ1) is 7.58. The van der Waals surface area contributed by atoms with E-state index in [0.717, 1.165) is 5.57 Å². The van der Waals surface area contributed by atoms with Gasteiger partial charge >= 0.3 is 5.97 Å². The van der Waals surface area contributed by atoms with Crippen LogP contribution in [0.1, 0.15) is 24.3 Å². The Hall–Kier alpha value is -1.49. The Balaban J connectivity index is 2.85. The first kappa shape index (κ1) is 12.6. The Labute approximate surface area is 98.8 Å². The van der Waals surface area contributed by atoms with E-state index in [2.05, 4.69) is 5.10 Å². The van der Waals surface area contributed by atoms with Gasteiger partial charge in [-0.2, -0.15) is 5.10 Å². The lowest BCUT2D eigenvalue weighted by molar-refractivity contribution is 0.0519. The number of allylic oxidation sites excluding steroid dienone is 1. The Kier molecular flexibility index (Phi) is 4.37. The molecule has 6 heteroatoms.